The molecule has 0 atom stereocenters. The van der Waals surface area contributed by atoms with Crippen LogP contribution in [0.15, 0.2) is 47.2 Å². The summed E-state index contributed by atoms with van der Waals surface area (Å²) < 4.78 is 4.94. The number of carbonyl (C=O) groups excluding carboxylic acids is 4. The first-order valence-electron chi connectivity index (χ1n) is 10.8. The van der Waals surface area contributed by atoms with Crippen molar-refractivity contribution in [2.75, 3.05) is 18.5 Å². The number of ether oxygens (including phenoxy) is 1. The summed E-state index contributed by atoms with van der Waals surface area (Å²) in [4.78, 5) is 52.6. The van der Waals surface area contributed by atoms with Crippen LogP contribution in [0.4, 0.5) is 5.13 Å². The molecule has 0 unspecified atom stereocenters. The van der Waals surface area contributed by atoms with E-state index in [9.17, 15) is 19.2 Å². The zero-order valence-electron chi connectivity index (χ0n) is 18.7. The number of rotatable bonds is 12. The normalized spacial score (nSPS) is 10.5. The van der Waals surface area contributed by atoms with Gasteiger partial charge < -0.3 is 10.1 Å². The van der Waals surface area contributed by atoms with Crippen molar-refractivity contribution < 1.29 is 23.9 Å². The largest absolute Gasteiger partial charge is 0.456 e. The van der Waals surface area contributed by atoms with Crippen molar-refractivity contribution in [3.05, 3.63) is 57.6 Å². The van der Waals surface area contributed by atoms with Crippen molar-refractivity contribution in [2.24, 2.45) is 0 Å². The number of nitrogens with one attached hydrogen (secondary N) is 2. The SMILES string of the molecule is CCc1ccc(-c2csc(NC(=O)COC(=O)CCNC(=O)CCC(=O)c3cccs3)n2)cc1. The average molecular weight is 500 g/mol. The molecular weight excluding hydrogens is 474 g/mol. The molecule has 2 N–H and O–H groups in total. The Balaban J connectivity index is 1.31. The van der Waals surface area contributed by atoms with E-state index in [1.54, 1.807) is 17.5 Å². The average Bonchev–Trinajstić information content (AvgIpc) is 3.54. The molecule has 8 nitrogen and oxygen atoms in total. The molecule has 34 heavy (non-hydrogen) atoms. The van der Waals surface area contributed by atoms with E-state index in [1.807, 2.05) is 29.6 Å². The predicted molar refractivity (Wildman–Crippen MR) is 132 cm³/mol. The molecule has 0 radical (unpaired) electrons. The highest BCUT2D eigenvalue weighted by atomic mass is 32.1. The fraction of sp³-hybridized carbons (Fsp3) is 0.292. The molecule has 0 aliphatic carbocycles. The van der Waals surface area contributed by atoms with E-state index in [4.69, 9.17) is 4.74 Å². The van der Waals surface area contributed by atoms with Gasteiger partial charge in [0, 0.05) is 30.3 Å². The van der Waals surface area contributed by atoms with Crippen LogP contribution in [0.25, 0.3) is 11.3 Å². The molecule has 2 heterocycles. The van der Waals surface area contributed by atoms with Crippen LogP contribution in [0.1, 0.15) is 41.4 Å². The van der Waals surface area contributed by atoms with Crippen LogP contribution in [0.3, 0.4) is 0 Å². The number of aromatic nitrogens is 1. The van der Waals surface area contributed by atoms with Gasteiger partial charge >= 0.3 is 5.97 Å². The Morgan fingerprint density at radius 3 is 2.47 bits per heavy atom. The number of esters is 1. The molecule has 3 aromatic rings. The Morgan fingerprint density at radius 2 is 1.76 bits per heavy atom. The van der Waals surface area contributed by atoms with E-state index in [-0.39, 0.29) is 37.5 Å². The number of amides is 2. The van der Waals surface area contributed by atoms with Gasteiger partial charge in [-0.05, 0) is 23.4 Å². The molecule has 0 spiro atoms. The fourth-order valence-corrected chi connectivity index (χ4v) is 4.36. The Hall–Kier alpha value is -3.37. The molecule has 178 valence electrons. The van der Waals surface area contributed by atoms with E-state index in [0.29, 0.717) is 10.0 Å². The van der Waals surface area contributed by atoms with Gasteiger partial charge in [-0.1, -0.05) is 37.3 Å². The van der Waals surface area contributed by atoms with Gasteiger partial charge in [-0.3, -0.25) is 24.5 Å². The van der Waals surface area contributed by atoms with Crippen LogP contribution in [0.2, 0.25) is 0 Å². The van der Waals surface area contributed by atoms with Crippen molar-refractivity contribution in [3.8, 4) is 11.3 Å². The maximum atomic E-state index is 12.1. The maximum Gasteiger partial charge on any atom is 0.308 e. The van der Waals surface area contributed by atoms with E-state index < -0.39 is 18.5 Å². The predicted octanol–water partition coefficient (Wildman–Crippen LogP) is 4.09. The van der Waals surface area contributed by atoms with Crippen molar-refractivity contribution in [1.82, 2.24) is 10.3 Å². The Kier molecular flexibility index (Phi) is 9.48. The van der Waals surface area contributed by atoms with Crippen molar-refractivity contribution in [2.45, 2.75) is 32.6 Å². The molecule has 1 aromatic carbocycles. The van der Waals surface area contributed by atoms with Crippen LogP contribution in [0, 0.1) is 0 Å². The van der Waals surface area contributed by atoms with Crippen molar-refractivity contribution >= 4 is 51.4 Å². The highest BCUT2D eigenvalue weighted by Crippen LogP contribution is 2.25. The number of aryl methyl sites for hydroxylation is 1. The van der Waals surface area contributed by atoms with E-state index >= 15 is 0 Å². The topological polar surface area (TPSA) is 114 Å². The minimum absolute atomic E-state index is 0.0483. The lowest BCUT2D eigenvalue weighted by Crippen LogP contribution is -2.28. The smallest absolute Gasteiger partial charge is 0.308 e. The van der Waals surface area contributed by atoms with E-state index in [0.717, 1.165) is 17.7 Å². The molecule has 0 saturated carbocycles. The van der Waals surface area contributed by atoms with Crippen LogP contribution >= 0.6 is 22.7 Å². The van der Waals surface area contributed by atoms with Gasteiger partial charge in [0.1, 0.15) is 0 Å². The van der Waals surface area contributed by atoms with E-state index in [2.05, 4.69) is 22.5 Å². The second-order valence-electron chi connectivity index (χ2n) is 7.30. The van der Waals surface area contributed by atoms with Gasteiger partial charge in [-0.15, -0.1) is 22.7 Å². The monoisotopic (exact) mass is 499 g/mol. The number of hydrogen-bond acceptors (Lipinski definition) is 8. The summed E-state index contributed by atoms with van der Waals surface area (Å²) in [5.74, 6) is -1.51. The third kappa shape index (κ3) is 7.89. The number of anilines is 1. The van der Waals surface area contributed by atoms with Gasteiger partial charge in [0.2, 0.25) is 5.91 Å². The first kappa shape index (κ1) is 25.3. The molecular formula is C24H25N3O5S2. The van der Waals surface area contributed by atoms with Gasteiger partial charge in [-0.25, -0.2) is 4.98 Å². The molecule has 0 aliphatic rings. The summed E-state index contributed by atoms with van der Waals surface area (Å²) in [7, 11) is 0. The molecule has 3 rings (SSSR count). The number of carbonyl (C=O) groups is 4. The molecule has 10 heteroatoms. The standard InChI is InChI=1S/C24H25N3O5S2/c1-2-16-5-7-17(8-6-16)18-15-34-24(26-18)27-22(30)14-32-23(31)11-12-25-21(29)10-9-19(28)20-4-3-13-33-20/h3-8,13,15H,2,9-12,14H2,1H3,(H,25,29)(H,26,27,30). The maximum absolute atomic E-state index is 12.1. The zero-order chi connectivity index (χ0) is 24.3. The van der Waals surface area contributed by atoms with E-state index in [1.165, 1.54) is 28.2 Å². The summed E-state index contributed by atoms with van der Waals surface area (Å²) in [6.07, 6.45) is 1.04. The van der Waals surface area contributed by atoms with Crippen LogP contribution < -0.4 is 10.6 Å². The number of thiophene rings is 1. The van der Waals surface area contributed by atoms with Gasteiger partial charge in [0.15, 0.2) is 17.5 Å². The number of thiazole rings is 1. The second-order valence-corrected chi connectivity index (χ2v) is 9.10. The fourth-order valence-electron chi connectivity index (χ4n) is 2.93. The van der Waals surface area contributed by atoms with Gasteiger partial charge in [-0.2, -0.15) is 0 Å². The third-order valence-corrected chi connectivity index (χ3v) is 6.47. The lowest BCUT2D eigenvalue weighted by atomic mass is 10.1. The molecule has 0 bridgehead atoms. The molecule has 0 saturated heterocycles. The highest BCUT2D eigenvalue weighted by Gasteiger charge is 2.13. The minimum atomic E-state index is -0.610. The lowest BCUT2D eigenvalue weighted by molar-refractivity contribution is -0.147. The number of Topliss-reactive ketones (excluding diaryl/α,β-unsaturated/α-hetero) is 1. The summed E-state index contributed by atoms with van der Waals surface area (Å²) in [5.41, 5.74) is 2.95. The number of hydrogen-bond donors (Lipinski definition) is 2. The third-order valence-electron chi connectivity index (χ3n) is 4.80. The van der Waals surface area contributed by atoms with Crippen LogP contribution in [0.5, 0.6) is 0 Å². The molecule has 2 aromatic heterocycles. The van der Waals surface area contributed by atoms with Crippen LogP contribution in [-0.2, 0) is 25.5 Å². The summed E-state index contributed by atoms with van der Waals surface area (Å²) >= 11 is 2.62. The summed E-state index contributed by atoms with van der Waals surface area (Å²) in [5, 5.41) is 9.25. The highest BCUT2D eigenvalue weighted by molar-refractivity contribution is 7.14. The molecule has 0 aliphatic heterocycles. The van der Waals surface area contributed by atoms with Crippen LogP contribution in [-0.4, -0.2) is 41.7 Å². The number of benzene rings is 1. The number of nitrogens with zero attached hydrogens (tertiary/aromatic N) is 1. The molecule has 2 amide bonds. The molecule has 0 fully saturated rings. The van der Waals surface area contributed by atoms with Crippen molar-refractivity contribution in [1.29, 1.82) is 0 Å². The van der Waals surface area contributed by atoms with Gasteiger partial charge in [0.05, 0.1) is 17.0 Å². The first-order chi connectivity index (χ1) is 16.4. The summed E-state index contributed by atoms with van der Waals surface area (Å²) in [6.45, 7) is 1.72. The first-order valence-corrected chi connectivity index (χ1v) is 12.5. The Morgan fingerprint density at radius 1 is 0.971 bits per heavy atom. The van der Waals surface area contributed by atoms with Gasteiger partial charge in [0.25, 0.3) is 5.91 Å². The quantitative estimate of drug-likeness (QED) is 0.287. The zero-order valence-corrected chi connectivity index (χ0v) is 20.3. The minimum Gasteiger partial charge on any atom is -0.456 e. The number of ketones is 1. The Bertz CT molecular complexity index is 1120. The van der Waals surface area contributed by atoms with Crippen molar-refractivity contribution in [3.63, 3.8) is 0 Å². The lowest BCUT2D eigenvalue weighted by Gasteiger charge is -2.06. The summed E-state index contributed by atoms with van der Waals surface area (Å²) in [6, 6.07) is 11.6. The Labute approximate surface area is 205 Å². The second kappa shape index (κ2) is 12.8.